The average Bonchev–Trinajstić information content (AvgIpc) is 1.54. The summed E-state index contributed by atoms with van der Waals surface area (Å²) in [5.41, 5.74) is 0. The van der Waals surface area contributed by atoms with Crippen LogP contribution < -0.4 is 0 Å². The maximum absolute atomic E-state index is 8.25. The Morgan fingerprint density at radius 2 is 0.500 bits per heavy atom. The van der Waals surface area contributed by atoms with Gasteiger partial charge in [-0.05, 0) is 0 Å². The molecule has 0 atom stereocenters. The summed E-state index contributed by atoms with van der Waals surface area (Å²) < 4.78 is 0. The van der Waals surface area contributed by atoms with E-state index in [4.69, 9.17) is 46.0 Å². The van der Waals surface area contributed by atoms with Crippen molar-refractivity contribution in [1.29, 1.82) is 0 Å². The Morgan fingerprint density at radius 1 is 0.500 bits per heavy atom. The van der Waals surface area contributed by atoms with Gasteiger partial charge in [0.25, 0.3) is 0 Å². The molecule has 0 aliphatic heterocycles. The van der Waals surface area contributed by atoms with Gasteiger partial charge in [-0.3, -0.25) is 0 Å². The zero-order chi connectivity index (χ0) is 10.7. The van der Waals surface area contributed by atoms with Gasteiger partial charge in [0, 0.05) is 0 Å². The minimum atomic E-state index is -1.75. The second-order valence-electron chi connectivity index (χ2n) is 0.671. The Balaban J connectivity index is -0.0000000135. The predicted octanol–water partition coefficient (Wildman–Crippen LogP) is -3.19. The third kappa shape index (κ3) is 1310. The topological polar surface area (TPSA) is 293 Å². The third-order valence-electron chi connectivity index (χ3n) is 0. The van der Waals surface area contributed by atoms with Gasteiger partial charge in [-0.1, -0.05) is 0 Å². The van der Waals surface area contributed by atoms with Crippen LogP contribution in [-0.4, -0.2) is 31.7 Å². The van der Waals surface area contributed by atoms with Gasteiger partial charge in [-0.15, -0.1) is 0 Å². The number of nitrogens with zero attached hydrogens (tertiary/aromatic N) is 3. The molecular weight excluding hydrogens is 378 g/mol. The van der Waals surface area contributed by atoms with Gasteiger partial charge in [0.1, 0.15) is 0 Å². The molecule has 0 unspecified atom stereocenters. The molecule has 0 saturated heterocycles. The van der Waals surface area contributed by atoms with E-state index in [0.29, 0.717) is 0 Å². The summed E-state index contributed by atoms with van der Waals surface area (Å²) in [7, 11) is 0. The SMILES string of the molecule is O.O.O.O=[N+]([O-])[O-].O=[N+]([O-])[O-].O=[N+]([O-])[O-].[Nd+3]. The fourth-order valence-electron chi connectivity index (χ4n) is 0. The summed E-state index contributed by atoms with van der Waals surface area (Å²) in [6.07, 6.45) is 0. The molecule has 0 spiro atoms. The fraction of sp³-hybridized carbons (Fsp3) is 0. The Morgan fingerprint density at radius 3 is 0.500 bits per heavy atom. The van der Waals surface area contributed by atoms with Crippen LogP contribution in [0.2, 0.25) is 0 Å². The molecule has 6 N–H and O–H groups in total. The summed E-state index contributed by atoms with van der Waals surface area (Å²) in [6, 6.07) is 0. The quantitative estimate of drug-likeness (QED) is 0.299. The first-order chi connectivity index (χ1) is 5.20. The molecule has 0 aliphatic carbocycles. The van der Waals surface area contributed by atoms with Gasteiger partial charge in [0.15, 0.2) is 0 Å². The molecule has 1 radical (unpaired) electrons. The van der Waals surface area contributed by atoms with E-state index >= 15 is 0 Å². The summed E-state index contributed by atoms with van der Waals surface area (Å²) in [5.74, 6) is 0. The second kappa shape index (κ2) is 37.1. The second-order valence-corrected chi connectivity index (χ2v) is 0.671. The average molecular weight is 384 g/mol. The standard InChI is InChI=1S/3NO3.Nd.3H2O/c3*2-1(3)4;;;;/h;;;;3*1H2/q3*-1;+3;;;. The van der Waals surface area contributed by atoms with Crippen LogP contribution in [-0.2, 0) is 0 Å². The van der Waals surface area contributed by atoms with Gasteiger partial charge in [-0.2, -0.15) is 0 Å². The predicted molar refractivity (Wildman–Crippen MR) is 41.9 cm³/mol. The van der Waals surface area contributed by atoms with Crippen LogP contribution in [0, 0.1) is 86.8 Å². The Bertz CT molecular complexity index is 114. The smallest absolute Gasteiger partial charge is 0.412 e. The summed E-state index contributed by atoms with van der Waals surface area (Å²) in [6.45, 7) is 0. The maximum Gasteiger partial charge on any atom is 3.00 e. The van der Waals surface area contributed by atoms with Crippen molar-refractivity contribution in [3.05, 3.63) is 46.0 Å². The van der Waals surface area contributed by atoms with E-state index in [2.05, 4.69) is 0 Å². The van der Waals surface area contributed by atoms with Crippen molar-refractivity contribution in [3.8, 4) is 0 Å². The Kier molecular flexibility index (Phi) is 107. The van der Waals surface area contributed by atoms with Crippen molar-refractivity contribution in [1.82, 2.24) is 0 Å². The zero-order valence-electron chi connectivity index (χ0n) is 7.02. The van der Waals surface area contributed by atoms with Crippen LogP contribution in [0.3, 0.4) is 0 Å². The molecule has 0 bridgehead atoms. The first kappa shape index (κ1) is 46.3. The van der Waals surface area contributed by atoms with E-state index in [1.165, 1.54) is 0 Å². The van der Waals surface area contributed by atoms with E-state index in [1.54, 1.807) is 0 Å². The molecule has 0 amide bonds. The molecule has 0 aromatic heterocycles. The van der Waals surface area contributed by atoms with Crippen LogP contribution in [0.4, 0.5) is 0 Å². The molecule has 16 heteroatoms. The first-order valence-electron chi connectivity index (χ1n) is 1.64. The number of hydrogen-bond acceptors (Lipinski definition) is 9. The van der Waals surface area contributed by atoms with Crippen molar-refractivity contribution in [2.75, 3.05) is 0 Å². The van der Waals surface area contributed by atoms with Crippen molar-refractivity contribution < 1.29 is 72.5 Å². The largest absolute Gasteiger partial charge is 3.00 e. The number of rotatable bonds is 0. The van der Waals surface area contributed by atoms with Crippen LogP contribution in [0.15, 0.2) is 0 Å². The van der Waals surface area contributed by atoms with Crippen molar-refractivity contribution in [2.45, 2.75) is 0 Å². The minimum Gasteiger partial charge on any atom is -0.412 e. The summed E-state index contributed by atoms with van der Waals surface area (Å²) in [5, 5.41) is 44.2. The zero-order valence-corrected chi connectivity index (χ0v) is 10.2. The molecule has 97 valence electrons. The van der Waals surface area contributed by atoms with Gasteiger partial charge in [0.2, 0.25) is 0 Å². The molecule has 0 fully saturated rings. The van der Waals surface area contributed by atoms with Gasteiger partial charge in [-0.25, -0.2) is 0 Å². The first-order valence-corrected chi connectivity index (χ1v) is 1.64. The third-order valence-corrected chi connectivity index (χ3v) is 0. The Labute approximate surface area is 118 Å². The van der Waals surface area contributed by atoms with Crippen LogP contribution >= 0.6 is 0 Å². The molecule has 15 nitrogen and oxygen atoms in total. The molecule has 0 heterocycles. The van der Waals surface area contributed by atoms with Crippen molar-refractivity contribution in [2.24, 2.45) is 0 Å². The van der Waals surface area contributed by atoms with Gasteiger partial charge < -0.3 is 62.4 Å². The van der Waals surface area contributed by atoms with E-state index in [1.807, 2.05) is 0 Å². The van der Waals surface area contributed by atoms with E-state index < -0.39 is 15.3 Å². The van der Waals surface area contributed by atoms with Crippen LogP contribution in [0.1, 0.15) is 0 Å². The minimum absolute atomic E-state index is 0. The summed E-state index contributed by atoms with van der Waals surface area (Å²) in [4.78, 5) is 24.8. The van der Waals surface area contributed by atoms with Gasteiger partial charge in [0.05, 0.1) is 15.3 Å². The van der Waals surface area contributed by atoms with Crippen molar-refractivity contribution >= 4 is 0 Å². The Hall–Kier alpha value is -1.17. The van der Waals surface area contributed by atoms with E-state index in [-0.39, 0.29) is 57.3 Å². The molecule has 0 aromatic rings. The molecule has 16 heavy (non-hydrogen) atoms. The molecule has 0 aromatic carbocycles. The van der Waals surface area contributed by atoms with Crippen LogP contribution in [0.5, 0.6) is 0 Å². The number of hydrogen-bond donors (Lipinski definition) is 0. The summed E-state index contributed by atoms with van der Waals surface area (Å²) >= 11 is 0. The molecule has 0 rings (SSSR count). The maximum atomic E-state index is 8.25. The normalized spacial score (nSPS) is 4.50. The molecular formula is H6N3NdO12. The van der Waals surface area contributed by atoms with Crippen LogP contribution in [0.25, 0.3) is 0 Å². The van der Waals surface area contributed by atoms with Crippen molar-refractivity contribution in [3.63, 3.8) is 0 Å². The van der Waals surface area contributed by atoms with E-state index in [0.717, 1.165) is 0 Å². The monoisotopic (exact) mass is 382 g/mol. The molecule has 0 saturated carbocycles. The van der Waals surface area contributed by atoms with Gasteiger partial charge >= 0.3 is 40.8 Å². The molecule has 0 aliphatic rings. The van der Waals surface area contributed by atoms with E-state index in [9.17, 15) is 0 Å². The fourth-order valence-corrected chi connectivity index (χ4v) is 0.